The van der Waals surface area contributed by atoms with Crippen LogP contribution in [0.15, 0.2) is 35.2 Å². The maximum absolute atomic E-state index is 12.8. The van der Waals surface area contributed by atoms with E-state index in [1.54, 1.807) is 6.07 Å². The van der Waals surface area contributed by atoms with Crippen molar-refractivity contribution < 1.29 is 27.9 Å². The standard InChI is InChI=1S/C16H21N3O6S/c17-14(20)9-8-12(15(21)19-10-4-7-13(19)16(22)23)18-26(24,25)11-5-2-1-3-6-11/h1-3,5-6,12-13,18H,4,7-10H2,(H2,17,20)(H,22,23)/t12-,13-/m0/s1. The summed E-state index contributed by atoms with van der Waals surface area (Å²) in [5.74, 6) is -2.50. The Hall–Kier alpha value is -2.46. The first-order chi connectivity index (χ1) is 12.2. The van der Waals surface area contributed by atoms with Gasteiger partial charge in [0.25, 0.3) is 0 Å². The van der Waals surface area contributed by atoms with Crippen molar-refractivity contribution in [2.24, 2.45) is 5.73 Å². The molecule has 1 fully saturated rings. The molecule has 142 valence electrons. The molecule has 9 nitrogen and oxygen atoms in total. The first-order valence-corrected chi connectivity index (χ1v) is 9.59. The normalized spacial score (nSPS) is 18.5. The maximum atomic E-state index is 12.8. The second-order valence-corrected chi connectivity index (χ2v) is 7.73. The zero-order valence-electron chi connectivity index (χ0n) is 14.0. The van der Waals surface area contributed by atoms with E-state index in [2.05, 4.69) is 4.72 Å². The molecule has 26 heavy (non-hydrogen) atoms. The Morgan fingerprint density at radius 3 is 2.50 bits per heavy atom. The molecule has 0 unspecified atom stereocenters. The minimum atomic E-state index is -4.02. The second-order valence-electron chi connectivity index (χ2n) is 6.02. The zero-order valence-corrected chi connectivity index (χ0v) is 14.8. The SMILES string of the molecule is NC(=O)CC[C@H](NS(=O)(=O)c1ccccc1)C(=O)N1CCC[C@H]1C(=O)O. The van der Waals surface area contributed by atoms with Gasteiger partial charge in [-0.3, -0.25) is 9.59 Å². The Kier molecular flexibility index (Phi) is 6.32. The van der Waals surface area contributed by atoms with Gasteiger partial charge in [0.15, 0.2) is 0 Å². The average molecular weight is 383 g/mol. The van der Waals surface area contributed by atoms with Gasteiger partial charge in [-0.25, -0.2) is 13.2 Å². The van der Waals surface area contributed by atoms with E-state index in [0.29, 0.717) is 12.8 Å². The summed E-state index contributed by atoms with van der Waals surface area (Å²) in [6.45, 7) is 0.218. The summed E-state index contributed by atoms with van der Waals surface area (Å²) < 4.78 is 27.3. The smallest absolute Gasteiger partial charge is 0.326 e. The van der Waals surface area contributed by atoms with E-state index in [9.17, 15) is 27.9 Å². The van der Waals surface area contributed by atoms with Gasteiger partial charge >= 0.3 is 5.97 Å². The highest BCUT2D eigenvalue weighted by atomic mass is 32.2. The highest BCUT2D eigenvalue weighted by Gasteiger charge is 2.38. The first-order valence-electron chi connectivity index (χ1n) is 8.11. The fourth-order valence-electron chi connectivity index (χ4n) is 2.86. The summed E-state index contributed by atoms with van der Waals surface area (Å²) in [5, 5.41) is 9.24. The molecule has 1 aliphatic heterocycles. The van der Waals surface area contributed by atoms with Crippen molar-refractivity contribution in [1.29, 1.82) is 0 Å². The van der Waals surface area contributed by atoms with E-state index in [0.717, 1.165) is 4.90 Å². The van der Waals surface area contributed by atoms with Crippen LogP contribution in [0.3, 0.4) is 0 Å². The number of hydrogen-bond acceptors (Lipinski definition) is 5. The van der Waals surface area contributed by atoms with Gasteiger partial charge in [0.2, 0.25) is 21.8 Å². The number of carbonyl (C=O) groups excluding carboxylic acids is 2. The summed E-state index contributed by atoms with van der Waals surface area (Å²) in [6.07, 6.45) is 0.452. The zero-order chi connectivity index (χ0) is 19.3. The van der Waals surface area contributed by atoms with Crippen LogP contribution in [0.25, 0.3) is 0 Å². The summed E-state index contributed by atoms with van der Waals surface area (Å²) in [4.78, 5) is 36.3. The molecule has 0 saturated carbocycles. The van der Waals surface area contributed by atoms with E-state index in [-0.39, 0.29) is 24.3 Å². The Balaban J connectivity index is 2.24. The number of sulfonamides is 1. The van der Waals surface area contributed by atoms with Crippen molar-refractivity contribution in [2.75, 3.05) is 6.54 Å². The van der Waals surface area contributed by atoms with Crippen molar-refractivity contribution in [3.05, 3.63) is 30.3 Å². The van der Waals surface area contributed by atoms with E-state index >= 15 is 0 Å². The van der Waals surface area contributed by atoms with Gasteiger partial charge in [-0.2, -0.15) is 4.72 Å². The second kappa shape index (κ2) is 8.28. The number of benzene rings is 1. The molecule has 2 amide bonds. The third kappa shape index (κ3) is 4.79. The predicted molar refractivity (Wildman–Crippen MR) is 91.4 cm³/mol. The third-order valence-corrected chi connectivity index (χ3v) is 5.64. The van der Waals surface area contributed by atoms with Crippen LogP contribution in [0.5, 0.6) is 0 Å². The van der Waals surface area contributed by atoms with Crippen molar-refractivity contribution in [2.45, 2.75) is 42.7 Å². The van der Waals surface area contributed by atoms with Crippen LogP contribution < -0.4 is 10.5 Å². The Morgan fingerprint density at radius 1 is 1.27 bits per heavy atom. The molecule has 1 aromatic carbocycles. The van der Waals surface area contributed by atoms with Crippen LogP contribution in [0, 0.1) is 0 Å². The molecule has 0 aliphatic carbocycles. The molecule has 0 spiro atoms. The number of aliphatic carboxylic acids is 1. The predicted octanol–water partition coefficient (Wildman–Crippen LogP) is -0.325. The van der Waals surface area contributed by atoms with Gasteiger partial charge < -0.3 is 15.7 Å². The van der Waals surface area contributed by atoms with Gasteiger partial charge in [-0.15, -0.1) is 0 Å². The van der Waals surface area contributed by atoms with E-state index in [1.165, 1.54) is 24.3 Å². The highest BCUT2D eigenvalue weighted by Crippen LogP contribution is 2.20. The highest BCUT2D eigenvalue weighted by molar-refractivity contribution is 7.89. The van der Waals surface area contributed by atoms with E-state index in [1.807, 2.05) is 0 Å². The van der Waals surface area contributed by atoms with Crippen LogP contribution in [0.1, 0.15) is 25.7 Å². The summed E-state index contributed by atoms with van der Waals surface area (Å²) in [5.41, 5.74) is 5.11. The van der Waals surface area contributed by atoms with Gasteiger partial charge in [-0.05, 0) is 31.4 Å². The lowest BCUT2D eigenvalue weighted by Gasteiger charge is -2.27. The van der Waals surface area contributed by atoms with Gasteiger partial charge in [0.1, 0.15) is 12.1 Å². The molecule has 1 aromatic rings. The quantitative estimate of drug-likeness (QED) is 0.560. The summed E-state index contributed by atoms with van der Waals surface area (Å²) in [6, 6.07) is 5.19. The van der Waals surface area contributed by atoms with E-state index < -0.39 is 39.9 Å². The Morgan fingerprint density at radius 2 is 1.92 bits per heavy atom. The number of carboxylic acid groups (broad SMARTS) is 1. The van der Waals surface area contributed by atoms with Crippen molar-refractivity contribution in [3.8, 4) is 0 Å². The summed E-state index contributed by atoms with van der Waals surface area (Å²) >= 11 is 0. The number of primary amides is 1. The lowest BCUT2D eigenvalue weighted by molar-refractivity contribution is -0.149. The molecular formula is C16H21N3O6S. The number of hydrogen-bond donors (Lipinski definition) is 3. The van der Waals surface area contributed by atoms with Crippen LogP contribution >= 0.6 is 0 Å². The van der Waals surface area contributed by atoms with Gasteiger partial charge in [-0.1, -0.05) is 18.2 Å². The molecule has 2 rings (SSSR count). The molecule has 1 heterocycles. The van der Waals surface area contributed by atoms with Crippen molar-refractivity contribution >= 4 is 27.8 Å². The van der Waals surface area contributed by atoms with Crippen LogP contribution in [0.2, 0.25) is 0 Å². The fraction of sp³-hybridized carbons (Fsp3) is 0.438. The van der Waals surface area contributed by atoms with Crippen LogP contribution in [-0.4, -0.2) is 54.8 Å². The topological polar surface area (TPSA) is 147 Å². The third-order valence-electron chi connectivity index (χ3n) is 4.15. The van der Waals surface area contributed by atoms with E-state index in [4.69, 9.17) is 5.73 Å². The molecular weight excluding hydrogens is 362 g/mol. The molecule has 10 heteroatoms. The number of carboxylic acids is 1. The number of carbonyl (C=O) groups is 3. The molecule has 0 aromatic heterocycles. The molecule has 1 saturated heterocycles. The fourth-order valence-corrected chi connectivity index (χ4v) is 4.11. The number of rotatable bonds is 8. The Bertz CT molecular complexity index is 780. The molecule has 0 radical (unpaired) electrons. The molecule has 4 N–H and O–H groups in total. The van der Waals surface area contributed by atoms with Gasteiger partial charge in [0, 0.05) is 13.0 Å². The molecule has 2 atom stereocenters. The number of likely N-dealkylation sites (tertiary alicyclic amines) is 1. The maximum Gasteiger partial charge on any atom is 0.326 e. The summed E-state index contributed by atoms with van der Waals surface area (Å²) in [7, 11) is -4.02. The molecule has 1 aliphatic rings. The van der Waals surface area contributed by atoms with Crippen molar-refractivity contribution in [3.63, 3.8) is 0 Å². The van der Waals surface area contributed by atoms with Crippen LogP contribution in [-0.2, 0) is 24.4 Å². The van der Waals surface area contributed by atoms with Crippen molar-refractivity contribution in [1.82, 2.24) is 9.62 Å². The number of nitrogens with zero attached hydrogens (tertiary/aromatic N) is 1. The monoisotopic (exact) mass is 383 g/mol. The number of amides is 2. The largest absolute Gasteiger partial charge is 0.480 e. The lowest BCUT2D eigenvalue weighted by atomic mass is 10.1. The lowest BCUT2D eigenvalue weighted by Crippen LogP contribution is -2.51. The number of nitrogens with one attached hydrogen (secondary N) is 1. The Labute approximate surface area is 151 Å². The number of nitrogens with two attached hydrogens (primary N) is 1. The first kappa shape index (κ1) is 19.9. The minimum Gasteiger partial charge on any atom is -0.480 e. The average Bonchev–Trinajstić information content (AvgIpc) is 3.08. The van der Waals surface area contributed by atoms with Gasteiger partial charge in [0.05, 0.1) is 4.90 Å². The molecule has 0 bridgehead atoms. The minimum absolute atomic E-state index is 0.0342. The van der Waals surface area contributed by atoms with Crippen LogP contribution in [0.4, 0.5) is 0 Å².